The molecule has 3 atom stereocenters. The largest absolute Gasteiger partial charge is 0.310 e. The fraction of sp³-hybridized carbons (Fsp3) is 1.00. The summed E-state index contributed by atoms with van der Waals surface area (Å²) >= 11 is 0. The monoisotopic (exact) mass is 210 g/mol. The van der Waals surface area contributed by atoms with Gasteiger partial charge in [0.15, 0.2) is 0 Å². The second-order valence-corrected chi connectivity index (χ2v) is 5.55. The van der Waals surface area contributed by atoms with Crippen molar-refractivity contribution in [3.05, 3.63) is 0 Å². The third kappa shape index (κ3) is 2.94. The highest BCUT2D eigenvalue weighted by Gasteiger charge is 2.31. The van der Waals surface area contributed by atoms with E-state index in [1.165, 1.54) is 38.8 Å². The van der Waals surface area contributed by atoms with Crippen LogP contribution in [0.4, 0.5) is 0 Å². The lowest BCUT2D eigenvalue weighted by Crippen LogP contribution is -2.39. The molecule has 0 aromatic heterocycles. The summed E-state index contributed by atoms with van der Waals surface area (Å²) < 4.78 is 0. The molecule has 15 heavy (non-hydrogen) atoms. The molecule has 1 saturated heterocycles. The van der Waals surface area contributed by atoms with Gasteiger partial charge in [-0.15, -0.1) is 0 Å². The Bertz CT molecular complexity index is 201. The Hall–Kier alpha value is -0.0800. The van der Waals surface area contributed by atoms with Crippen molar-refractivity contribution in [2.75, 3.05) is 13.1 Å². The van der Waals surface area contributed by atoms with E-state index >= 15 is 0 Å². The Labute approximate surface area is 94.4 Å². The third-order valence-electron chi connectivity index (χ3n) is 4.31. The van der Waals surface area contributed by atoms with Crippen LogP contribution in [-0.4, -0.2) is 36.1 Å². The molecule has 3 unspecified atom stereocenters. The van der Waals surface area contributed by atoms with Gasteiger partial charge in [0.1, 0.15) is 0 Å². The lowest BCUT2D eigenvalue weighted by molar-refractivity contribution is 0.191. The zero-order valence-electron chi connectivity index (χ0n) is 10.5. The molecule has 88 valence electrons. The minimum Gasteiger partial charge on any atom is -0.310 e. The molecule has 0 spiro atoms. The molecule has 0 bridgehead atoms. The Balaban J connectivity index is 1.75. The van der Waals surface area contributed by atoms with Gasteiger partial charge in [-0.2, -0.15) is 0 Å². The normalized spacial score (nSPS) is 31.8. The van der Waals surface area contributed by atoms with Crippen molar-refractivity contribution in [2.45, 2.75) is 64.6 Å². The minimum absolute atomic E-state index is 0.765. The van der Waals surface area contributed by atoms with Gasteiger partial charge in [0.05, 0.1) is 0 Å². The maximum Gasteiger partial charge on any atom is 0.0209 e. The van der Waals surface area contributed by atoms with Crippen molar-refractivity contribution in [3.63, 3.8) is 0 Å². The van der Waals surface area contributed by atoms with E-state index in [-0.39, 0.29) is 0 Å². The quantitative estimate of drug-likeness (QED) is 0.749. The fourth-order valence-electron chi connectivity index (χ4n) is 2.58. The van der Waals surface area contributed by atoms with Gasteiger partial charge in [0.2, 0.25) is 0 Å². The van der Waals surface area contributed by atoms with Crippen LogP contribution >= 0.6 is 0 Å². The summed E-state index contributed by atoms with van der Waals surface area (Å²) in [6.45, 7) is 9.66. The molecule has 2 nitrogen and oxygen atoms in total. The van der Waals surface area contributed by atoms with Gasteiger partial charge in [0.25, 0.3) is 0 Å². The Kier molecular flexibility index (Phi) is 3.68. The maximum atomic E-state index is 3.75. The van der Waals surface area contributed by atoms with Gasteiger partial charge >= 0.3 is 0 Å². The highest BCUT2D eigenvalue weighted by atomic mass is 15.2. The van der Waals surface area contributed by atoms with Crippen molar-refractivity contribution in [1.82, 2.24) is 10.2 Å². The predicted molar refractivity (Wildman–Crippen MR) is 65.1 cm³/mol. The van der Waals surface area contributed by atoms with Gasteiger partial charge in [-0.25, -0.2) is 0 Å². The second-order valence-electron chi connectivity index (χ2n) is 5.55. The van der Waals surface area contributed by atoms with Gasteiger partial charge < -0.3 is 5.32 Å². The first-order valence-corrected chi connectivity index (χ1v) is 6.70. The number of nitrogens with zero attached hydrogens (tertiary/aromatic N) is 1. The predicted octanol–water partition coefficient (Wildman–Crippen LogP) is 2.25. The summed E-state index contributed by atoms with van der Waals surface area (Å²) in [5.74, 6) is 0.838. The van der Waals surface area contributed by atoms with E-state index in [0.29, 0.717) is 0 Å². The molecular formula is C13H26N2. The molecule has 2 rings (SSSR count). The number of rotatable bonds is 5. The van der Waals surface area contributed by atoms with Crippen LogP contribution in [0.15, 0.2) is 0 Å². The Morgan fingerprint density at radius 3 is 2.53 bits per heavy atom. The molecule has 1 heterocycles. The van der Waals surface area contributed by atoms with Crippen molar-refractivity contribution >= 4 is 0 Å². The first-order chi connectivity index (χ1) is 7.20. The molecule has 2 fully saturated rings. The van der Waals surface area contributed by atoms with Gasteiger partial charge in [-0.1, -0.05) is 20.3 Å². The van der Waals surface area contributed by atoms with E-state index in [2.05, 4.69) is 31.0 Å². The molecule has 1 aliphatic heterocycles. The lowest BCUT2D eigenvalue weighted by Gasteiger charge is -2.29. The van der Waals surface area contributed by atoms with Crippen molar-refractivity contribution < 1.29 is 0 Å². The summed E-state index contributed by atoms with van der Waals surface area (Å²) in [6, 6.07) is 2.42. The van der Waals surface area contributed by atoms with E-state index in [1.807, 2.05) is 0 Å². The third-order valence-corrected chi connectivity index (χ3v) is 4.31. The smallest absolute Gasteiger partial charge is 0.0209 e. The first kappa shape index (κ1) is 11.4. The molecule has 1 N–H and O–H groups in total. The zero-order valence-corrected chi connectivity index (χ0v) is 10.5. The lowest BCUT2D eigenvalue weighted by atomic mass is 10.00. The van der Waals surface area contributed by atoms with Gasteiger partial charge in [-0.05, 0) is 32.1 Å². The van der Waals surface area contributed by atoms with Crippen LogP contribution in [0.25, 0.3) is 0 Å². The average Bonchev–Trinajstić information content (AvgIpc) is 2.93. The summed E-state index contributed by atoms with van der Waals surface area (Å²) in [5.41, 5.74) is 0. The van der Waals surface area contributed by atoms with E-state index in [9.17, 15) is 0 Å². The van der Waals surface area contributed by atoms with E-state index in [1.54, 1.807) is 0 Å². The fourth-order valence-corrected chi connectivity index (χ4v) is 2.58. The Morgan fingerprint density at radius 2 is 1.93 bits per heavy atom. The SMILES string of the molecule is CCC(C)C(C)N1CCC(NC2CC2)C1. The molecule has 1 aliphatic carbocycles. The highest BCUT2D eigenvalue weighted by Crippen LogP contribution is 2.24. The number of hydrogen-bond acceptors (Lipinski definition) is 2. The first-order valence-electron chi connectivity index (χ1n) is 6.70. The van der Waals surface area contributed by atoms with E-state index in [0.717, 1.165) is 24.0 Å². The highest BCUT2D eigenvalue weighted by molar-refractivity contribution is 4.91. The number of likely N-dealkylation sites (tertiary alicyclic amines) is 1. The summed E-state index contributed by atoms with van der Waals surface area (Å²) in [5, 5.41) is 3.75. The van der Waals surface area contributed by atoms with E-state index in [4.69, 9.17) is 0 Å². The summed E-state index contributed by atoms with van der Waals surface area (Å²) in [4.78, 5) is 2.67. The molecule has 2 heteroatoms. The van der Waals surface area contributed by atoms with Gasteiger partial charge in [-0.3, -0.25) is 4.90 Å². The molecular weight excluding hydrogens is 184 g/mol. The van der Waals surface area contributed by atoms with Gasteiger partial charge in [0, 0.05) is 31.2 Å². The van der Waals surface area contributed by atoms with Crippen LogP contribution in [0.3, 0.4) is 0 Å². The van der Waals surface area contributed by atoms with Crippen LogP contribution in [0.5, 0.6) is 0 Å². The minimum atomic E-state index is 0.765. The molecule has 2 aliphatic rings. The van der Waals surface area contributed by atoms with Crippen LogP contribution in [0, 0.1) is 5.92 Å². The van der Waals surface area contributed by atoms with Crippen molar-refractivity contribution in [2.24, 2.45) is 5.92 Å². The molecule has 1 saturated carbocycles. The van der Waals surface area contributed by atoms with Crippen LogP contribution < -0.4 is 5.32 Å². The standard InChI is InChI=1S/C13H26N2/c1-4-10(2)11(3)15-8-7-13(9-15)14-12-5-6-12/h10-14H,4-9H2,1-3H3. The number of nitrogens with one attached hydrogen (secondary N) is 1. The molecule has 0 radical (unpaired) electrons. The average molecular weight is 210 g/mol. The van der Waals surface area contributed by atoms with Crippen molar-refractivity contribution in [3.8, 4) is 0 Å². The van der Waals surface area contributed by atoms with E-state index < -0.39 is 0 Å². The van der Waals surface area contributed by atoms with Crippen molar-refractivity contribution in [1.29, 1.82) is 0 Å². The summed E-state index contributed by atoms with van der Waals surface area (Å²) in [7, 11) is 0. The second kappa shape index (κ2) is 4.84. The molecule has 0 aromatic rings. The topological polar surface area (TPSA) is 15.3 Å². The van der Waals surface area contributed by atoms with Crippen LogP contribution in [0.1, 0.15) is 46.5 Å². The van der Waals surface area contributed by atoms with Crippen LogP contribution in [0.2, 0.25) is 0 Å². The zero-order chi connectivity index (χ0) is 10.8. The molecule has 0 aromatic carbocycles. The summed E-state index contributed by atoms with van der Waals surface area (Å²) in [6.07, 6.45) is 5.49. The Morgan fingerprint density at radius 1 is 1.20 bits per heavy atom. The molecule has 0 amide bonds. The number of hydrogen-bond donors (Lipinski definition) is 1. The maximum absolute atomic E-state index is 3.75. The van der Waals surface area contributed by atoms with Crippen LogP contribution in [-0.2, 0) is 0 Å².